The molecule has 0 atom stereocenters. The molecule has 0 radical (unpaired) electrons. The molecule has 0 aromatic heterocycles. The minimum atomic E-state index is -0.581. The Kier molecular flexibility index (Phi) is 7.46. The Morgan fingerprint density at radius 3 is 2.50 bits per heavy atom. The highest BCUT2D eigenvalue weighted by molar-refractivity contribution is 6.30. The van der Waals surface area contributed by atoms with Crippen LogP contribution in [0.1, 0.15) is 26.3 Å². The molecular formula is C24H22ClN3O4. The van der Waals surface area contributed by atoms with Crippen LogP contribution in [0.5, 0.6) is 5.75 Å². The van der Waals surface area contributed by atoms with Gasteiger partial charge in [0.15, 0.2) is 0 Å². The van der Waals surface area contributed by atoms with Gasteiger partial charge in [-0.3, -0.25) is 14.4 Å². The minimum Gasteiger partial charge on any atom is -0.488 e. The van der Waals surface area contributed by atoms with Crippen LogP contribution in [-0.4, -0.2) is 36.2 Å². The number of nitrogens with zero attached hydrogens (tertiary/aromatic N) is 1. The molecule has 0 heterocycles. The van der Waals surface area contributed by atoms with Crippen LogP contribution in [0.4, 0.5) is 5.69 Å². The van der Waals surface area contributed by atoms with Gasteiger partial charge in [-0.2, -0.15) is 0 Å². The fraction of sp³-hybridized carbons (Fsp3) is 0.125. The molecule has 8 heteroatoms. The topological polar surface area (TPSA) is 102 Å². The van der Waals surface area contributed by atoms with Gasteiger partial charge in [0, 0.05) is 23.3 Å². The van der Waals surface area contributed by atoms with Crippen LogP contribution in [0.3, 0.4) is 0 Å². The van der Waals surface area contributed by atoms with Gasteiger partial charge < -0.3 is 20.7 Å². The summed E-state index contributed by atoms with van der Waals surface area (Å²) in [5, 5.41) is 3.21. The summed E-state index contributed by atoms with van der Waals surface area (Å²) in [4.78, 5) is 37.9. The van der Waals surface area contributed by atoms with Crippen LogP contribution in [0.15, 0.2) is 72.8 Å². The SMILES string of the molecule is CN(CC(=O)Nc1cccc(Cl)c1)C(=O)c1cccc(COc2ccccc2C(N)=O)c1. The Hall–Kier alpha value is -3.84. The summed E-state index contributed by atoms with van der Waals surface area (Å²) in [6.45, 7) is 0.0163. The number of ether oxygens (including phenoxy) is 1. The first-order valence-electron chi connectivity index (χ1n) is 9.75. The van der Waals surface area contributed by atoms with Crippen molar-refractivity contribution in [2.45, 2.75) is 6.61 Å². The Bertz CT molecular complexity index is 1150. The fourth-order valence-electron chi connectivity index (χ4n) is 3.03. The van der Waals surface area contributed by atoms with Gasteiger partial charge in [-0.25, -0.2) is 0 Å². The Morgan fingerprint density at radius 1 is 1.00 bits per heavy atom. The van der Waals surface area contributed by atoms with Gasteiger partial charge in [-0.05, 0) is 48.0 Å². The first kappa shape index (κ1) is 22.8. The van der Waals surface area contributed by atoms with Crippen molar-refractivity contribution < 1.29 is 19.1 Å². The second-order valence-corrected chi connectivity index (χ2v) is 7.51. The van der Waals surface area contributed by atoms with Gasteiger partial charge in [0.1, 0.15) is 12.4 Å². The van der Waals surface area contributed by atoms with Crippen LogP contribution < -0.4 is 15.8 Å². The van der Waals surface area contributed by atoms with E-state index in [2.05, 4.69) is 5.32 Å². The molecule has 0 aliphatic heterocycles. The molecular weight excluding hydrogens is 430 g/mol. The average Bonchev–Trinajstić information content (AvgIpc) is 2.77. The number of hydrogen-bond acceptors (Lipinski definition) is 4. The molecule has 0 bridgehead atoms. The summed E-state index contributed by atoms with van der Waals surface area (Å²) in [5.74, 6) is -0.870. The van der Waals surface area contributed by atoms with E-state index in [1.165, 1.54) is 4.90 Å². The zero-order chi connectivity index (χ0) is 23.1. The largest absolute Gasteiger partial charge is 0.488 e. The highest BCUT2D eigenvalue weighted by Gasteiger charge is 2.16. The van der Waals surface area contributed by atoms with Crippen LogP contribution in [0.25, 0.3) is 0 Å². The van der Waals surface area contributed by atoms with Crippen molar-refractivity contribution in [2.75, 3.05) is 18.9 Å². The Morgan fingerprint density at radius 2 is 1.75 bits per heavy atom. The number of amides is 3. The number of benzene rings is 3. The Labute approximate surface area is 190 Å². The normalized spacial score (nSPS) is 10.3. The smallest absolute Gasteiger partial charge is 0.254 e. The lowest BCUT2D eigenvalue weighted by Gasteiger charge is -2.17. The standard InChI is InChI=1S/C24H22ClN3O4/c1-28(14-22(29)27-19-9-5-8-18(25)13-19)24(31)17-7-4-6-16(12-17)15-32-21-11-3-2-10-20(21)23(26)30/h2-13H,14-15H2,1H3,(H2,26,30)(H,27,29). The monoisotopic (exact) mass is 451 g/mol. The molecule has 0 spiro atoms. The lowest BCUT2D eigenvalue weighted by Crippen LogP contribution is -2.35. The predicted octanol–water partition coefficient (Wildman–Crippen LogP) is 3.73. The Balaban J connectivity index is 1.62. The molecule has 3 amide bonds. The molecule has 0 saturated carbocycles. The van der Waals surface area contributed by atoms with Crippen molar-refractivity contribution in [3.63, 3.8) is 0 Å². The first-order chi connectivity index (χ1) is 15.3. The molecule has 0 aliphatic carbocycles. The summed E-state index contributed by atoms with van der Waals surface area (Å²) in [6.07, 6.45) is 0. The maximum absolute atomic E-state index is 12.8. The summed E-state index contributed by atoms with van der Waals surface area (Å²) >= 11 is 5.92. The number of anilines is 1. The average molecular weight is 452 g/mol. The quantitative estimate of drug-likeness (QED) is 0.544. The van der Waals surface area contributed by atoms with Crippen molar-refractivity contribution >= 4 is 35.0 Å². The van der Waals surface area contributed by atoms with Crippen LogP contribution in [-0.2, 0) is 11.4 Å². The third-order valence-electron chi connectivity index (χ3n) is 4.56. The first-order valence-corrected chi connectivity index (χ1v) is 10.1. The zero-order valence-electron chi connectivity index (χ0n) is 17.4. The third kappa shape index (κ3) is 6.09. The van der Waals surface area contributed by atoms with Crippen molar-refractivity contribution in [1.82, 2.24) is 4.90 Å². The molecule has 7 nitrogen and oxygen atoms in total. The molecule has 0 saturated heterocycles. The van der Waals surface area contributed by atoms with Gasteiger partial charge in [0.2, 0.25) is 5.91 Å². The molecule has 164 valence electrons. The number of primary amides is 1. The number of para-hydroxylation sites is 1. The zero-order valence-corrected chi connectivity index (χ0v) is 18.1. The predicted molar refractivity (Wildman–Crippen MR) is 123 cm³/mol. The van der Waals surface area contributed by atoms with E-state index in [1.54, 1.807) is 79.8 Å². The van der Waals surface area contributed by atoms with Gasteiger partial charge in [0.25, 0.3) is 11.8 Å². The van der Waals surface area contributed by atoms with Crippen LogP contribution >= 0.6 is 11.6 Å². The summed E-state index contributed by atoms with van der Waals surface area (Å²) in [7, 11) is 1.55. The number of nitrogens with one attached hydrogen (secondary N) is 1. The van der Waals surface area contributed by atoms with Crippen molar-refractivity contribution in [3.8, 4) is 5.75 Å². The lowest BCUT2D eigenvalue weighted by atomic mass is 10.1. The van der Waals surface area contributed by atoms with Crippen LogP contribution in [0.2, 0.25) is 5.02 Å². The highest BCUT2D eigenvalue weighted by Crippen LogP contribution is 2.19. The number of likely N-dealkylation sites (N-methyl/N-ethyl adjacent to an activating group) is 1. The molecule has 3 rings (SSSR count). The number of carbonyl (C=O) groups is 3. The van der Waals surface area contributed by atoms with Gasteiger partial charge >= 0.3 is 0 Å². The second-order valence-electron chi connectivity index (χ2n) is 7.07. The number of halogens is 1. The fourth-order valence-corrected chi connectivity index (χ4v) is 3.22. The van der Waals surface area contributed by atoms with E-state index in [1.807, 2.05) is 0 Å². The molecule has 3 N–H and O–H groups in total. The maximum Gasteiger partial charge on any atom is 0.254 e. The van der Waals surface area contributed by atoms with E-state index in [9.17, 15) is 14.4 Å². The minimum absolute atomic E-state index is 0.127. The van der Waals surface area contributed by atoms with E-state index < -0.39 is 5.91 Å². The van der Waals surface area contributed by atoms with Crippen molar-refractivity contribution in [3.05, 3.63) is 94.5 Å². The number of carbonyl (C=O) groups excluding carboxylic acids is 3. The van der Waals surface area contributed by atoms with Crippen molar-refractivity contribution in [2.24, 2.45) is 5.73 Å². The van der Waals surface area contributed by atoms with Gasteiger partial charge in [-0.15, -0.1) is 0 Å². The summed E-state index contributed by atoms with van der Waals surface area (Å²) in [6, 6.07) is 20.3. The van der Waals surface area contributed by atoms with E-state index in [0.29, 0.717) is 22.0 Å². The molecule has 32 heavy (non-hydrogen) atoms. The number of rotatable bonds is 8. The summed E-state index contributed by atoms with van der Waals surface area (Å²) < 4.78 is 5.72. The molecule has 0 fully saturated rings. The highest BCUT2D eigenvalue weighted by atomic mass is 35.5. The molecule has 3 aromatic carbocycles. The molecule has 0 aliphatic rings. The molecule has 0 unspecified atom stereocenters. The number of hydrogen-bond donors (Lipinski definition) is 2. The van der Waals surface area contributed by atoms with Crippen LogP contribution in [0, 0.1) is 0 Å². The number of nitrogens with two attached hydrogens (primary N) is 1. The molecule has 3 aromatic rings. The lowest BCUT2D eigenvalue weighted by molar-refractivity contribution is -0.116. The second kappa shape index (κ2) is 10.5. The van der Waals surface area contributed by atoms with Crippen molar-refractivity contribution in [1.29, 1.82) is 0 Å². The van der Waals surface area contributed by atoms with E-state index in [4.69, 9.17) is 22.1 Å². The van der Waals surface area contributed by atoms with E-state index in [-0.39, 0.29) is 30.5 Å². The van der Waals surface area contributed by atoms with E-state index >= 15 is 0 Å². The van der Waals surface area contributed by atoms with E-state index in [0.717, 1.165) is 5.56 Å². The summed E-state index contributed by atoms with van der Waals surface area (Å²) in [5.41, 5.74) is 7.34. The maximum atomic E-state index is 12.8. The van der Waals surface area contributed by atoms with Gasteiger partial charge in [0.05, 0.1) is 12.1 Å². The third-order valence-corrected chi connectivity index (χ3v) is 4.79. The van der Waals surface area contributed by atoms with Gasteiger partial charge in [-0.1, -0.05) is 41.9 Å².